The highest BCUT2D eigenvalue weighted by Gasteiger charge is 2.40. The van der Waals surface area contributed by atoms with Crippen molar-refractivity contribution in [3.05, 3.63) is 45.0 Å². The summed E-state index contributed by atoms with van der Waals surface area (Å²) in [4.78, 5) is 24.4. The average molecular weight is 258 g/mol. The number of ether oxygens (including phenoxy) is 1. The number of nitrogens with zero attached hydrogens (tertiary/aromatic N) is 1. The summed E-state index contributed by atoms with van der Waals surface area (Å²) in [6.07, 6.45) is -2.30. The van der Waals surface area contributed by atoms with Crippen LogP contribution in [-0.2, 0) is 4.74 Å². The van der Waals surface area contributed by atoms with E-state index in [2.05, 4.69) is 0 Å². The lowest BCUT2D eigenvalue weighted by Crippen LogP contribution is -2.32. The highest BCUT2D eigenvalue weighted by molar-refractivity contribution is 5.16. The molecule has 1 saturated heterocycles. The minimum Gasteiger partial charge on any atom is -0.394 e. The van der Waals surface area contributed by atoms with E-state index in [0.717, 1.165) is 16.8 Å². The molecule has 1 unspecified atom stereocenters. The zero-order valence-corrected chi connectivity index (χ0v) is 9.12. The molecule has 0 amide bonds. The van der Waals surface area contributed by atoms with Crippen molar-refractivity contribution in [3.63, 3.8) is 0 Å². The van der Waals surface area contributed by atoms with E-state index >= 15 is 0 Å². The Balaban J connectivity index is 2.45. The predicted molar refractivity (Wildman–Crippen MR) is 57.5 cm³/mol. The van der Waals surface area contributed by atoms with Crippen molar-refractivity contribution >= 4 is 0 Å². The van der Waals surface area contributed by atoms with Gasteiger partial charge in [-0.1, -0.05) is 0 Å². The number of rotatable bonds is 2. The highest BCUT2D eigenvalue weighted by atomic mass is 19.1. The molecule has 18 heavy (non-hydrogen) atoms. The number of aliphatic hydroxyl groups is 2. The fraction of sp³-hybridized carbons (Fsp3) is 0.400. The molecule has 1 aromatic rings. The SMILES string of the molecule is O=c1ccn([C@@H]2O[C@H](CO)C(O)/C2=C\F)c(=O)[nH]1. The van der Waals surface area contributed by atoms with Gasteiger partial charge in [0.1, 0.15) is 12.2 Å². The van der Waals surface area contributed by atoms with E-state index < -0.39 is 36.3 Å². The van der Waals surface area contributed by atoms with E-state index in [0.29, 0.717) is 0 Å². The summed E-state index contributed by atoms with van der Waals surface area (Å²) in [6.45, 7) is -0.521. The summed E-state index contributed by atoms with van der Waals surface area (Å²) in [7, 11) is 0. The van der Waals surface area contributed by atoms with E-state index in [1.165, 1.54) is 0 Å². The van der Waals surface area contributed by atoms with Gasteiger partial charge in [0.05, 0.1) is 12.9 Å². The summed E-state index contributed by atoms with van der Waals surface area (Å²) in [5, 5.41) is 18.6. The van der Waals surface area contributed by atoms with Crippen molar-refractivity contribution in [3.8, 4) is 0 Å². The Morgan fingerprint density at radius 1 is 1.56 bits per heavy atom. The molecular formula is C10H11FN2O5. The minimum atomic E-state index is -1.34. The Morgan fingerprint density at radius 3 is 2.83 bits per heavy atom. The van der Waals surface area contributed by atoms with E-state index in [1.54, 1.807) is 0 Å². The highest BCUT2D eigenvalue weighted by Crippen LogP contribution is 2.33. The third-order valence-corrected chi connectivity index (χ3v) is 2.69. The van der Waals surface area contributed by atoms with Gasteiger partial charge in [-0.15, -0.1) is 0 Å². The maximum Gasteiger partial charge on any atom is 0.330 e. The van der Waals surface area contributed by atoms with Gasteiger partial charge < -0.3 is 14.9 Å². The number of halogens is 1. The lowest BCUT2D eigenvalue weighted by atomic mass is 10.1. The van der Waals surface area contributed by atoms with Gasteiger partial charge in [-0.3, -0.25) is 14.3 Å². The van der Waals surface area contributed by atoms with Crippen LogP contribution in [0, 0.1) is 0 Å². The number of H-pyrrole nitrogens is 1. The first-order chi connectivity index (χ1) is 8.58. The largest absolute Gasteiger partial charge is 0.394 e. The molecule has 1 aliphatic rings. The predicted octanol–water partition coefficient (Wildman–Crippen LogP) is -1.36. The van der Waals surface area contributed by atoms with Crippen LogP contribution in [0.2, 0.25) is 0 Å². The van der Waals surface area contributed by atoms with Gasteiger partial charge in [-0.2, -0.15) is 0 Å². The Labute approximate surface area is 99.8 Å². The minimum absolute atomic E-state index is 0.128. The van der Waals surface area contributed by atoms with Gasteiger partial charge in [-0.25, -0.2) is 9.18 Å². The first-order valence-corrected chi connectivity index (χ1v) is 5.14. The number of hydrogen-bond donors (Lipinski definition) is 3. The molecule has 0 aliphatic carbocycles. The van der Waals surface area contributed by atoms with Crippen LogP contribution in [0.4, 0.5) is 4.39 Å². The summed E-state index contributed by atoms with van der Waals surface area (Å²) < 4.78 is 18.8. The Kier molecular flexibility index (Phi) is 3.41. The zero-order chi connectivity index (χ0) is 13.3. The molecule has 0 radical (unpaired) electrons. The van der Waals surface area contributed by atoms with Gasteiger partial charge in [-0.05, 0) is 0 Å². The van der Waals surface area contributed by atoms with Crippen molar-refractivity contribution in [2.45, 2.75) is 18.4 Å². The molecular weight excluding hydrogens is 247 g/mol. The van der Waals surface area contributed by atoms with Crippen molar-refractivity contribution in [1.29, 1.82) is 0 Å². The Bertz CT molecular complexity index is 578. The van der Waals surface area contributed by atoms with Crippen LogP contribution in [0.3, 0.4) is 0 Å². The molecule has 1 fully saturated rings. The average Bonchev–Trinajstić information content (AvgIpc) is 2.65. The van der Waals surface area contributed by atoms with Crippen LogP contribution in [-0.4, -0.2) is 38.6 Å². The van der Waals surface area contributed by atoms with E-state index in [1.807, 2.05) is 4.98 Å². The van der Waals surface area contributed by atoms with Crippen molar-refractivity contribution in [1.82, 2.24) is 9.55 Å². The maximum absolute atomic E-state index is 12.7. The van der Waals surface area contributed by atoms with E-state index in [4.69, 9.17) is 9.84 Å². The quantitative estimate of drug-likeness (QED) is 0.607. The number of aromatic amines is 1. The molecule has 3 atom stereocenters. The number of nitrogens with one attached hydrogen (secondary N) is 1. The zero-order valence-electron chi connectivity index (χ0n) is 9.12. The van der Waals surface area contributed by atoms with Gasteiger partial charge in [0.2, 0.25) is 0 Å². The topological polar surface area (TPSA) is 105 Å². The second-order valence-corrected chi connectivity index (χ2v) is 3.78. The van der Waals surface area contributed by atoms with Crippen LogP contribution in [0.15, 0.2) is 33.8 Å². The fourth-order valence-electron chi connectivity index (χ4n) is 1.78. The van der Waals surface area contributed by atoms with Gasteiger partial charge in [0.25, 0.3) is 5.56 Å². The maximum atomic E-state index is 12.7. The van der Waals surface area contributed by atoms with Crippen LogP contribution in [0.1, 0.15) is 6.23 Å². The normalized spacial score (nSPS) is 29.9. The second-order valence-electron chi connectivity index (χ2n) is 3.78. The molecule has 3 N–H and O–H groups in total. The van der Waals surface area contributed by atoms with Gasteiger partial charge >= 0.3 is 5.69 Å². The van der Waals surface area contributed by atoms with Crippen LogP contribution < -0.4 is 11.2 Å². The first kappa shape index (κ1) is 12.7. The van der Waals surface area contributed by atoms with Crippen LogP contribution >= 0.6 is 0 Å². The molecule has 2 heterocycles. The lowest BCUT2D eigenvalue weighted by molar-refractivity contribution is -0.0448. The van der Waals surface area contributed by atoms with Crippen molar-refractivity contribution < 1.29 is 19.3 Å². The third-order valence-electron chi connectivity index (χ3n) is 2.69. The monoisotopic (exact) mass is 258 g/mol. The van der Waals surface area contributed by atoms with Crippen LogP contribution in [0.5, 0.6) is 0 Å². The molecule has 7 nitrogen and oxygen atoms in total. The Morgan fingerprint density at radius 2 is 2.28 bits per heavy atom. The summed E-state index contributed by atoms with van der Waals surface area (Å²) in [5.74, 6) is 0. The number of aliphatic hydroxyl groups excluding tert-OH is 2. The lowest BCUT2D eigenvalue weighted by Gasteiger charge is -2.14. The van der Waals surface area contributed by atoms with E-state index in [9.17, 15) is 19.1 Å². The summed E-state index contributed by atoms with van der Waals surface area (Å²) in [6, 6.07) is 1.07. The van der Waals surface area contributed by atoms with Crippen molar-refractivity contribution in [2.24, 2.45) is 0 Å². The second kappa shape index (κ2) is 4.84. The molecule has 0 spiro atoms. The first-order valence-electron chi connectivity index (χ1n) is 5.14. The fourth-order valence-corrected chi connectivity index (χ4v) is 1.78. The van der Waals surface area contributed by atoms with Gasteiger partial charge in [0.15, 0.2) is 6.23 Å². The van der Waals surface area contributed by atoms with Gasteiger partial charge in [0, 0.05) is 17.8 Å². The molecule has 0 bridgehead atoms. The van der Waals surface area contributed by atoms with Crippen LogP contribution in [0.25, 0.3) is 0 Å². The number of aromatic nitrogens is 2. The molecule has 1 aromatic heterocycles. The third kappa shape index (κ3) is 2.01. The van der Waals surface area contributed by atoms with Crippen molar-refractivity contribution in [2.75, 3.05) is 6.61 Å². The molecule has 1 aliphatic heterocycles. The molecule has 0 saturated carbocycles. The standard InChI is InChI=1S/C10H11FN2O5/c11-3-5-8(16)6(4-14)18-9(5)13-2-1-7(15)12-10(13)17/h1-3,6,8-9,14,16H,4H2,(H,12,15,17)/b5-3+/t6-,8?,9-/m1/s1. The Hall–Kier alpha value is -1.77. The molecule has 0 aromatic carbocycles. The number of hydrogen-bond acceptors (Lipinski definition) is 5. The summed E-state index contributed by atoms with van der Waals surface area (Å²) >= 11 is 0. The summed E-state index contributed by atoms with van der Waals surface area (Å²) in [5.41, 5.74) is -1.58. The molecule has 98 valence electrons. The smallest absolute Gasteiger partial charge is 0.330 e. The molecule has 8 heteroatoms. The van der Waals surface area contributed by atoms with E-state index in [-0.39, 0.29) is 11.9 Å². The molecule has 2 rings (SSSR count).